The predicted octanol–water partition coefficient (Wildman–Crippen LogP) is 6.09. The number of carbonyl (C=O) groups excluding carboxylic acids is 1. The molecule has 0 saturated carbocycles. The van der Waals surface area contributed by atoms with E-state index in [9.17, 15) is 9.18 Å². The van der Waals surface area contributed by atoms with Gasteiger partial charge in [-0.15, -0.1) is 21.5 Å². The van der Waals surface area contributed by atoms with Crippen molar-refractivity contribution in [3.8, 4) is 0 Å². The molecule has 27 heavy (non-hydrogen) atoms. The summed E-state index contributed by atoms with van der Waals surface area (Å²) in [4.78, 5) is 12.9. The van der Waals surface area contributed by atoms with Crippen LogP contribution in [0.25, 0.3) is 10.1 Å². The molecule has 0 fully saturated rings. The van der Waals surface area contributed by atoms with Gasteiger partial charge >= 0.3 is 0 Å². The van der Waals surface area contributed by atoms with Crippen molar-refractivity contribution in [1.82, 2.24) is 10.2 Å². The zero-order valence-corrected chi connectivity index (χ0v) is 16.8. The highest BCUT2D eigenvalue weighted by Crippen LogP contribution is 2.36. The van der Waals surface area contributed by atoms with Crippen LogP contribution in [0.4, 0.5) is 9.52 Å². The van der Waals surface area contributed by atoms with Gasteiger partial charge in [-0.2, -0.15) is 0 Å². The van der Waals surface area contributed by atoms with Gasteiger partial charge in [-0.1, -0.05) is 65.0 Å². The number of aromatic nitrogens is 2. The first-order chi connectivity index (χ1) is 13.1. The number of nitrogens with one attached hydrogen (secondary N) is 1. The zero-order valence-electron chi connectivity index (χ0n) is 13.6. The lowest BCUT2D eigenvalue weighted by molar-refractivity contribution is 0.103. The number of nitrogens with zero attached hydrogens (tertiary/aromatic N) is 2. The Morgan fingerprint density at radius 3 is 2.78 bits per heavy atom. The maximum Gasteiger partial charge on any atom is 0.269 e. The van der Waals surface area contributed by atoms with Crippen molar-refractivity contribution in [2.24, 2.45) is 0 Å². The molecule has 4 rings (SSSR count). The van der Waals surface area contributed by atoms with Crippen LogP contribution in [-0.2, 0) is 5.75 Å². The summed E-state index contributed by atoms with van der Waals surface area (Å²) >= 11 is 10.3. The van der Waals surface area contributed by atoms with Crippen molar-refractivity contribution in [3.05, 3.63) is 69.8 Å². The normalized spacial score (nSPS) is 11.0. The highest BCUT2D eigenvalue weighted by Gasteiger charge is 2.19. The fourth-order valence-electron chi connectivity index (χ4n) is 2.38. The number of hydrogen-bond donors (Lipinski definition) is 1. The third-order valence-electron chi connectivity index (χ3n) is 3.63. The lowest BCUT2D eigenvalue weighted by Gasteiger charge is -1.98. The molecule has 0 atom stereocenters. The number of amides is 1. The van der Waals surface area contributed by atoms with Crippen LogP contribution < -0.4 is 5.32 Å². The standard InChI is InChI=1S/C18H11ClFN3OS3/c19-14-12-7-6-11(20)8-13(12)26-15(14)16(24)21-17-22-23-18(27-17)25-9-10-4-2-1-3-5-10/h1-8H,9H2,(H,21,22,24). The summed E-state index contributed by atoms with van der Waals surface area (Å²) in [7, 11) is 0. The minimum absolute atomic E-state index is 0.315. The summed E-state index contributed by atoms with van der Waals surface area (Å²) in [5.41, 5.74) is 1.19. The molecule has 0 aliphatic carbocycles. The average molecular weight is 436 g/mol. The lowest BCUT2D eigenvalue weighted by atomic mass is 10.2. The van der Waals surface area contributed by atoms with Gasteiger partial charge in [0, 0.05) is 15.8 Å². The van der Waals surface area contributed by atoms with E-state index in [1.165, 1.54) is 29.0 Å². The first-order valence-corrected chi connectivity index (χ1v) is 10.8. The lowest BCUT2D eigenvalue weighted by Crippen LogP contribution is -2.10. The smallest absolute Gasteiger partial charge is 0.269 e. The Bertz CT molecular complexity index is 1110. The Hall–Kier alpha value is -2.00. The summed E-state index contributed by atoms with van der Waals surface area (Å²) in [6, 6.07) is 14.3. The Morgan fingerprint density at radius 1 is 1.15 bits per heavy atom. The molecule has 1 N–H and O–H groups in total. The molecule has 136 valence electrons. The number of rotatable bonds is 5. The van der Waals surface area contributed by atoms with E-state index in [-0.39, 0.29) is 11.7 Å². The van der Waals surface area contributed by atoms with Crippen LogP contribution in [0, 0.1) is 5.82 Å². The minimum atomic E-state index is -0.377. The van der Waals surface area contributed by atoms with Gasteiger partial charge in [-0.3, -0.25) is 10.1 Å². The van der Waals surface area contributed by atoms with Gasteiger partial charge in [-0.05, 0) is 23.8 Å². The molecule has 0 radical (unpaired) electrons. The van der Waals surface area contributed by atoms with Gasteiger partial charge in [0.2, 0.25) is 5.13 Å². The second kappa shape index (κ2) is 7.93. The molecule has 0 unspecified atom stereocenters. The summed E-state index contributed by atoms with van der Waals surface area (Å²) in [5, 5.41) is 12.2. The molecule has 9 heteroatoms. The van der Waals surface area contributed by atoms with Gasteiger partial charge in [-0.25, -0.2) is 4.39 Å². The summed E-state index contributed by atoms with van der Waals surface area (Å²) < 4.78 is 14.8. The number of fused-ring (bicyclic) bond motifs is 1. The number of thiophene rings is 1. The molecule has 0 spiro atoms. The van der Waals surface area contributed by atoms with Crippen LogP contribution in [0.15, 0.2) is 52.9 Å². The van der Waals surface area contributed by atoms with E-state index < -0.39 is 0 Å². The molecular formula is C18H11ClFN3OS3. The zero-order chi connectivity index (χ0) is 18.8. The molecule has 2 heterocycles. The van der Waals surface area contributed by atoms with Crippen LogP contribution in [0.3, 0.4) is 0 Å². The minimum Gasteiger partial charge on any atom is -0.296 e. The van der Waals surface area contributed by atoms with Crippen molar-refractivity contribution in [2.75, 3.05) is 5.32 Å². The molecule has 0 aliphatic rings. The third kappa shape index (κ3) is 4.14. The largest absolute Gasteiger partial charge is 0.296 e. The Balaban J connectivity index is 1.46. The van der Waals surface area contributed by atoms with E-state index in [0.717, 1.165) is 21.4 Å². The predicted molar refractivity (Wildman–Crippen MR) is 111 cm³/mol. The fraction of sp³-hybridized carbons (Fsp3) is 0.0556. The summed E-state index contributed by atoms with van der Waals surface area (Å²) in [5.74, 6) is 0.0332. The van der Waals surface area contributed by atoms with Gasteiger partial charge in [0.15, 0.2) is 4.34 Å². The Kier molecular flexibility index (Phi) is 5.40. The van der Waals surface area contributed by atoms with Crippen LogP contribution >= 0.6 is 46.0 Å². The molecule has 2 aromatic carbocycles. The molecule has 1 amide bonds. The average Bonchev–Trinajstić information content (AvgIpc) is 3.25. The topological polar surface area (TPSA) is 54.9 Å². The molecular weight excluding hydrogens is 425 g/mol. The van der Waals surface area contributed by atoms with E-state index in [1.807, 2.05) is 30.3 Å². The summed E-state index contributed by atoms with van der Waals surface area (Å²) in [6.45, 7) is 0. The Morgan fingerprint density at radius 2 is 1.96 bits per heavy atom. The van der Waals surface area contributed by atoms with Gasteiger partial charge in [0.25, 0.3) is 5.91 Å². The van der Waals surface area contributed by atoms with Gasteiger partial charge < -0.3 is 0 Å². The highest BCUT2D eigenvalue weighted by atomic mass is 35.5. The van der Waals surface area contributed by atoms with Crippen LogP contribution in [-0.4, -0.2) is 16.1 Å². The van der Waals surface area contributed by atoms with E-state index in [4.69, 9.17) is 11.6 Å². The maximum atomic E-state index is 13.4. The van der Waals surface area contributed by atoms with Crippen molar-refractivity contribution >= 4 is 67.2 Å². The number of thioether (sulfide) groups is 1. The first kappa shape index (κ1) is 18.4. The first-order valence-electron chi connectivity index (χ1n) is 7.79. The molecule has 4 aromatic rings. The van der Waals surface area contributed by atoms with Crippen molar-refractivity contribution < 1.29 is 9.18 Å². The van der Waals surface area contributed by atoms with Crippen molar-refractivity contribution in [3.63, 3.8) is 0 Å². The van der Waals surface area contributed by atoms with Gasteiger partial charge in [0.05, 0.1) is 5.02 Å². The van der Waals surface area contributed by atoms with E-state index in [1.54, 1.807) is 17.8 Å². The molecule has 0 bridgehead atoms. The van der Waals surface area contributed by atoms with Crippen LogP contribution in [0.2, 0.25) is 5.02 Å². The fourth-order valence-corrected chi connectivity index (χ4v) is 5.52. The van der Waals surface area contributed by atoms with Crippen molar-refractivity contribution in [1.29, 1.82) is 0 Å². The van der Waals surface area contributed by atoms with E-state index in [0.29, 0.717) is 25.1 Å². The van der Waals surface area contributed by atoms with Crippen LogP contribution in [0.1, 0.15) is 15.2 Å². The van der Waals surface area contributed by atoms with E-state index in [2.05, 4.69) is 15.5 Å². The second-order valence-corrected chi connectivity index (χ2v) is 9.12. The number of benzene rings is 2. The SMILES string of the molecule is O=C(Nc1nnc(SCc2ccccc2)s1)c1sc2cc(F)ccc2c1Cl. The number of anilines is 1. The number of hydrogen-bond acceptors (Lipinski definition) is 6. The molecule has 2 aromatic heterocycles. The van der Waals surface area contributed by atoms with E-state index >= 15 is 0 Å². The molecule has 0 aliphatic heterocycles. The Labute approximate surface area is 171 Å². The summed E-state index contributed by atoms with van der Waals surface area (Å²) in [6.07, 6.45) is 0. The quantitative estimate of drug-likeness (QED) is 0.304. The highest BCUT2D eigenvalue weighted by molar-refractivity contribution is 8.00. The van der Waals surface area contributed by atoms with Crippen molar-refractivity contribution in [2.45, 2.75) is 10.1 Å². The molecule has 0 saturated heterocycles. The number of carbonyl (C=O) groups is 1. The second-order valence-electron chi connectivity index (χ2n) is 5.49. The molecule has 4 nitrogen and oxygen atoms in total. The maximum absolute atomic E-state index is 13.4. The van der Waals surface area contributed by atoms with Crippen LogP contribution in [0.5, 0.6) is 0 Å². The number of halogens is 2. The monoisotopic (exact) mass is 435 g/mol. The van der Waals surface area contributed by atoms with Gasteiger partial charge in [0.1, 0.15) is 10.7 Å². The third-order valence-corrected chi connectivity index (χ3v) is 7.33.